The number of hydrogen-bond acceptors (Lipinski definition) is 4. The predicted octanol–water partition coefficient (Wildman–Crippen LogP) is 3.27. The number of rotatable bonds is 5. The molecule has 0 radical (unpaired) electrons. The monoisotopic (exact) mass is 306 g/mol. The van der Waals surface area contributed by atoms with Gasteiger partial charge < -0.3 is 10.1 Å². The number of non-ortho nitro benzene ring substituents is 1. The van der Waals surface area contributed by atoms with Gasteiger partial charge in [0.1, 0.15) is 5.75 Å². The Kier molecular flexibility index (Phi) is 4.73. The zero-order valence-electron chi connectivity index (χ0n) is 10.8. The molecule has 0 aliphatic heterocycles. The van der Waals surface area contributed by atoms with Crippen LogP contribution in [0.2, 0.25) is 5.02 Å². The van der Waals surface area contributed by atoms with Gasteiger partial charge in [-0.3, -0.25) is 14.9 Å². The van der Waals surface area contributed by atoms with E-state index < -0.39 is 10.8 Å². The van der Waals surface area contributed by atoms with Gasteiger partial charge in [-0.2, -0.15) is 0 Å². The SMILES string of the molecule is O=C(COc1cccc([N+](=O)[O-])c1)Nc1ccccc1Cl. The van der Waals surface area contributed by atoms with Crippen LogP contribution in [0.15, 0.2) is 48.5 Å². The molecule has 0 saturated heterocycles. The number of anilines is 1. The Bertz CT molecular complexity index is 676. The van der Waals surface area contributed by atoms with Gasteiger partial charge in [-0.05, 0) is 18.2 Å². The number of carbonyl (C=O) groups excluding carboxylic acids is 1. The lowest BCUT2D eigenvalue weighted by molar-refractivity contribution is -0.384. The van der Waals surface area contributed by atoms with Crippen molar-refractivity contribution in [1.82, 2.24) is 0 Å². The number of ether oxygens (including phenoxy) is 1. The number of hydrogen-bond donors (Lipinski definition) is 1. The van der Waals surface area contributed by atoms with E-state index in [1.807, 2.05) is 0 Å². The second-order valence-electron chi connectivity index (χ2n) is 4.07. The first-order chi connectivity index (χ1) is 10.1. The smallest absolute Gasteiger partial charge is 0.273 e. The first-order valence-corrected chi connectivity index (χ1v) is 6.35. The average molecular weight is 307 g/mol. The Morgan fingerprint density at radius 2 is 2.00 bits per heavy atom. The van der Waals surface area contributed by atoms with Crippen molar-refractivity contribution in [2.75, 3.05) is 11.9 Å². The van der Waals surface area contributed by atoms with Crippen molar-refractivity contribution < 1.29 is 14.5 Å². The summed E-state index contributed by atoms with van der Waals surface area (Å²) in [6.07, 6.45) is 0. The molecule has 0 saturated carbocycles. The number of nitrogens with one attached hydrogen (secondary N) is 1. The first-order valence-electron chi connectivity index (χ1n) is 5.98. The highest BCUT2D eigenvalue weighted by Crippen LogP contribution is 2.21. The van der Waals surface area contributed by atoms with Crippen LogP contribution in [0.1, 0.15) is 0 Å². The minimum atomic E-state index is -0.531. The van der Waals surface area contributed by atoms with Gasteiger partial charge in [0, 0.05) is 6.07 Å². The van der Waals surface area contributed by atoms with Crippen molar-refractivity contribution in [1.29, 1.82) is 0 Å². The topological polar surface area (TPSA) is 81.5 Å². The highest BCUT2D eigenvalue weighted by Gasteiger charge is 2.09. The summed E-state index contributed by atoms with van der Waals surface area (Å²) in [5.41, 5.74) is 0.380. The molecule has 0 unspecified atom stereocenters. The Morgan fingerprint density at radius 1 is 1.24 bits per heavy atom. The van der Waals surface area contributed by atoms with Crippen LogP contribution in [0.3, 0.4) is 0 Å². The van der Waals surface area contributed by atoms with Gasteiger partial charge in [-0.15, -0.1) is 0 Å². The molecule has 0 bridgehead atoms. The van der Waals surface area contributed by atoms with Crippen LogP contribution in [-0.2, 0) is 4.79 Å². The fourth-order valence-corrected chi connectivity index (χ4v) is 1.77. The number of halogens is 1. The Morgan fingerprint density at radius 3 is 2.71 bits per heavy atom. The predicted molar refractivity (Wildman–Crippen MR) is 78.7 cm³/mol. The minimum absolute atomic E-state index is 0.0981. The molecular formula is C14H11ClN2O4. The zero-order chi connectivity index (χ0) is 15.2. The number of nitro groups is 1. The van der Waals surface area contributed by atoms with E-state index in [0.717, 1.165) is 0 Å². The van der Waals surface area contributed by atoms with Crippen molar-refractivity contribution in [2.45, 2.75) is 0 Å². The highest BCUT2D eigenvalue weighted by atomic mass is 35.5. The van der Waals surface area contributed by atoms with Crippen LogP contribution in [0, 0.1) is 10.1 Å². The van der Waals surface area contributed by atoms with E-state index in [1.54, 1.807) is 24.3 Å². The molecule has 0 heterocycles. The molecule has 0 aliphatic carbocycles. The average Bonchev–Trinajstić information content (AvgIpc) is 2.48. The first kappa shape index (κ1) is 14.8. The maximum Gasteiger partial charge on any atom is 0.273 e. The van der Waals surface area contributed by atoms with Crippen molar-refractivity contribution in [2.24, 2.45) is 0 Å². The molecule has 0 aromatic heterocycles. The number of amides is 1. The molecule has 0 fully saturated rings. The van der Waals surface area contributed by atoms with Crippen LogP contribution in [0.5, 0.6) is 5.75 Å². The number of carbonyl (C=O) groups is 1. The zero-order valence-corrected chi connectivity index (χ0v) is 11.5. The molecule has 0 spiro atoms. The summed E-state index contributed by atoms with van der Waals surface area (Å²) in [4.78, 5) is 21.8. The largest absolute Gasteiger partial charge is 0.484 e. The van der Waals surface area contributed by atoms with E-state index in [2.05, 4.69) is 5.32 Å². The molecule has 108 valence electrons. The van der Waals surface area contributed by atoms with Crippen molar-refractivity contribution >= 4 is 28.9 Å². The maximum atomic E-state index is 11.7. The summed E-state index contributed by atoms with van der Waals surface area (Å²) >= 11 is 5.91. The van der Waals surface area contributed by atoms with Crippen LogP contribution in [0.25, 0.3) is 0 Å². The van der Waals surface area contributed by atoms with E-state index in [-0.39, 0.29) is 18.0 Å². The minimum Gasteiger partial charge on any atom is -0.484 e. The Labute approximate surface area is 125 Å². The quantitative estimate of drug-likeness (QED) is 0.679. The summed E-state index contributed by atoms with van der Waals surface area (Å²) in [7, 11) is 0. The van der Waals surface area contributed by atoms with Gasteiger partial charge in [0.2, 0.25) is 0 Å². The van der Waals surface area contributed by atoms with Gasteiger partial charge >= 0.3 is 0 Å². The second-order valence-corrected chi connectivity index (χ2v) is 4.48. The van der Waals surface area contributed by atoms with Crippen molar-refractivity contribution in [3.05, 3.63) is 63.7 Å². The summed E-state index contributed by atoms with van der Waals surface area (Å²) in [6, 6.07) is 12.4. The van der Waals surface area contributed by atoms with Gasteiger partial charge in [-0.25, -0.2) is 0 Å². The standard InChI is InChI=1S/C14H11ClN2O4/c15-12-6-1-2-7-13(12)16-14(18)9-21-11-5-3-4-10(8-11)17(19)20/h1-8H,9H2,(H,16,18). The summed E-state index contributed by atoms with van der Waals surface area (Å²) in [6.45, 7) is -0.271. The normalized spacial score (nSPS) is 9.95. The van der Waals surface area contributed by atoms with Gasteiger partial charge in [0.15, 0.2) is 6.61 Å². The van der Waals surface area contributed by atoms with E-state index in [1.165, 1.54) is 24.3 Å². The Hall–Kier alpha value is -2.60. The number of nitrogens with zero attached hydrogens (tertiary/aromatic N) is 1. The molecule has 1 amide bonds. The highest BCUT2D eigenvalue weighted by molar-refractivity contribution is 6.33. The fraction of sp³-hybridized carbons (Fsp3) is 0.0714. The molecule has 2 aromatic rings. The third-order valence-electron chi connectivity index (χ3n) is 2.55. The van der Waals surface area contributed by atoms with Crippen LogP contribution in [0.4, 0.5) is 11.4 Å². The lowest BCUT2D eigenvalue weighted by atomic mass is 10.3. The van der Waals surface area contributed by atoms with Crippen LogP contribution in [-0.4, -0.2) is 17.4 Å². The lowest BCUT2D eigenvalue weighted by Gasteiger charge is -2.08. The van der Waals surface area contributed by atoms with Gasteiger partial charge in [-0.1, -0.05) is 29.8 Å². The van der Waals surface area contributed by atoms with Crippen molar-refractivity contribution in [3.63, 3.8) is 0 Å². The molecule has 21 heavy (non-hydrogen) atoms. The van der Waals surface area contributed by atoms with Gasteiger partial charge in [0.25, 0.3) is 11.6 Å². The summed E-state index contributed by atoms with van der Waals surface area (Å²) in [5.74, 6) is -0.159. The molecule has 1 N–H and O–H groups in total. The van der Waals surface area contributed by atoms with E-state index in [4.69, 9.17) is 16.3 Å². The molecular weight excluding hydrogens is 296 g/mol. The maximum absolute atomic E-state index is 11.7. The second kappa shape index (κ2) is 6.71. The molecule has 2 rings (SSSR count). The van der Waals surface area contributed by atoms with E-state index >= 15 is 0 Å². The number of para-hydroxylation sites is 1. The van der Waals surface area contributed by atoms with Gasteiger partial charge in [0.05, 0.1) is 21.7 Å². The third-order valence-corrected chi connectivity index (χ3v) is 2.88. The molecule has 2 aromatic carbocycles. The van der Waals surface area contributed by atoms with E-state index in [0.29, 0.717) is 10.7 Å². The summed E-state index contributed by atoms with van der Waals surface area (Å²) < 4.78 is 5.21. The van der Waals surface area contributed by atoms with Crippen LogP contribution < -0.4 is 10.1 Å². The molecule has 0 atom stereocenters. The van der Waals surface area contributed by atoms with Crippen molar-refractivity contribution in [3.8, 4) is 5.75 Å². The number of benzene rings is 2. The molecule has 6 nitrogen and oxygen atoms in total. The molecule has 7 heteroatoms. The third kappa shape index (κ3) is 4.19. The number of nitro benzene ring substituents is 1. The molecule has 0 aliphatic rings. The van der Waals surface area contributed by atoms with Crippen LogP contribution >= 0.6 is 11.6 Å². The fourth-order valence-electron chi connectivity index (χ4n) is 1.58. The summed E-state index contributed by atoms with van der Waals surface area (Å²) in [5, 5.41) is 13.6. The Balaban J connectivity index is 1.94. The lowest BCUT2D eigenvalue weighted by Crippen LogP contribution is -2.20. The van der Waals surface area contributed by atoms with E-state index in [9.17, 15) is 14.9 Å².